The molecule has 3 rings (SSSR count). The Kier molecular flexibility index (Phi) is 8.23. The van der Waals surface area contributed by atoms with Crippen LogP contribution in [0.5, 0.6) is 0 Å². The van der Waals surface area contributed by atoms with Gasteiger partial charge in [0.1, 0.15) is 0 Å². The van der Waals surface area contributed by atoms with Gasteiger partial charge in [-0.25, -0.2) is 0 Å². The Morgan fingerprint density at radius 2 is 1.43 bits per heavy atom. The summed E-state index contributed by atoms with van der Waals surface area (Å²) >= 11 is 0. The van der Waals surface area contributed by atoms with Gasteiger partial charge in [-0.15, -0.1) is 0 Å². The quantitative estimate of drug-likeness (QED) is 0.345. The van der Waals surface area contributed by atoms with E-state index in [1.54, 1.807) is 5.56 Å². The van der Waals surface area contributed by atoms with Crippen molar-refractivity contribution >= 4 is 0 Å². The van der Waals surface area contributed by atoms with Crippen LogP contribution in [0.4, 0.5) is 0 Å². The summed E-state index contributed by atoms with van der Waals surface area (Å²) in [5, 5.41) is 0. The lowest BCUT2D eigenvalue weighted by Gasteiger charge is -2.26. The Morgan fingerprint density at radius 1 is 0.750 bits per heavy atom. The number of aryl methyl sites for hydroxylation is 2. The standard InChI is InChI=1S/C28H36/c1-3-5-6-7-8-24-15-19-27(20-16-24)28-21-17-26(18-22-28)14-13-25-11-9-23(4-2)10-12-25/h9-12,15-16,19-20,26,28H,3-8,17-18,21-22H2,1-2H3. The molecule has 148 valence electrons. The molecule has 28 heavy (non-hydrogen) atoms. The second-order valence-corrected chi connectivity index (χ2v) is 8.42. The van der Waals surface area contributed by atoms with E-state index in [0.29, 0.717) is 5.92 Å². The maximum atomic E-state index is 3.54. The number of hydrogen-bond acceptors (Lipinski definition) is 0. The molecule has 0 radical (unpaired) electrons. The van der Waals surface area contributed by atoms with Crippen molar-refractivity contribution in [2.75, 3.05) is 0 Å². The Hall–Kier alpha value is -2.00. The molecule has 1 saturated carbocycles. The summed E-state index contributed by atoms with van der Waals surface area (Å²) in [5.74, 6) is 8.25. The topological polar surface area (TPSA) is 0 Å². The highest BCUT2D eigenvalue weighted by Gasteiger charge is 2.21. The van der Waals surface area contributed by atoms with Crippen molar-refractivity contribution in [3.63, 3.8) is 0 Å². The van der Waals surface area contributed by atoms with Crippen LogP contribution in [0.2, 0.25) is 0 Å². The largest absolute Gasteiger partial charge is 0.0945 e. The molecule has 0 N–H and O–H groups in total. The third kappa shape index (κ3) is 6.27. The lowest BCUT2D eigenvalue weighted by Crippen LogP contribution is -2.12. The zero-order chi connectivity index (χ0) is 19.6. The normalized spacial score (nSPS) is 19.1. The molecule has 0 heterocycles. The Labute approximate surface area is 172 Å². The van der Waals surface area contributed by atoms with Crippen LogP contribution < -0.4 is 0 Å². The van der Waals surface area contributed by atoms with Crippen LogP contribution in [0.25, 0.3) is 0 Å². The van der Waals surface area contributed by atoms with Crippen molar-refractivity contribution in [3.8, 4) is 11.8 Å². The average molecular weight is 373 g/mol. The van der Waals surface area contributed by atoms with Gasteiger partial charge in [-0.1, -0.05) is 81.3 Å². The van der Waals surface area contributed by atoms with Crippen molar-refractivity contribution in [3.05, 3.63) is 70.8 Å². The molecule has 0 spiro atoms. The number of hydrogen-bond donors (Lipinski definition) is 0. The first kappa shape index (κ1) is 20.7. The van der Waals surface area contributed by atoms with E-state index in [2.05, 4.69) is 74.2 Å². The monoisotopic (exact) mass is 372 g/mol. The molecule has 2 aromatic rings. The first-order valence-electron chi connectivity index (χ1n) is 11.5. The van der Waals surface area contributed by atoms with E-state index >= 15 is 0 Å². The SMILES string of the molecule is CCCCCCc1ccc(C2CCC(C#Cc3ccc(CC)cc3)CC2)cc1. The third-order valence-electron chi connectivity index (χ3n) is 6.28. The zero-order valence-electron chi connectivity index (χ0n) is 17.8. The van der Waals surface area contributed by atoms with Gasteiger partial charge in [0.15, 0.2) is 0 Å². The first-order valence-corrected chi connectivity index (χ1v) is 11.5. The molecular formula is C28H36. The highest BCUT2D eigenvalue weighted by molar-refractivity contribution is 5.36. The van der Waals surface area contributed by atoms with Crippen LogP contribution in [-0.2, 0) is 12.8 Å². The van der Waals surface area contributed by atoms with Crippen molar-refractivity contribution in [1.82, 2.24) is 0 Å². The number of rotatable bonds is 7. The molecule has 0 heteroatoms. The summed E-state index contributed by atoms with van der Waals surface area (Å²) in [7, 11) is 0. The van der Waals surface area contributed by atoms with E-state index in [1.807, 2.05) is 0 Å². The van der Waals surface area contributed by atoms with Gasteiger partial charge in [0.2, 0.25) is 0 Å². The molecule has 0 aromatic heterocycles. The van der Waals surface area contributed by atoms with E-state index in [-0.39, 0.29) is 0 Å². The Balaban J connectivity index is 1.46. The molecule has 0 bridgehead atoms. The van der Waals surface area contributed by atoms with Crippen LogP contribution >= 0.6 is 0 Å². The summed E-state index contributed by atoms with van der Waals surface area (Å²) in [6.45, 7) is 4.47. The average Bonchev–Trinajstić information content (AvgIpc) is 2.76. The Bertz CT molecular complexity index is 746. The van der Waals surface area contributed by atoms with E-state index in [4.69, 9.17) is 0 Å². The fourth-order valence-corrected chi connectivity index (χ4v) is 4.29. The fourth-order valence-electron chi connectivity index (χ4n) is 4.29. The van der Waals surface area contributed by atoms with Crippen molar-refractivity contribution in [1.29, 1.82) is 0 Å². The van der Waals surface area contributed by atoms with Gasteiger partial charge in [0.25, 0.3) is 0 Å². The van der Waals surface area contributed by atoms with E-state index in [9.17, 15) is 0 Å². The predicted molar refractivity (Wildman–Crippen MR) is 122 cm³/mol. The molecule has 0 amide bonds. The van der Waals surface area contributed by atoms with Crippen LogP contribution in [-0.4, -0.2) is 0 Å². The maximum absolute atomic E-state index is 3.54. The molecule has 0 saturated heterocycles. The lowest BCUT2D eigenvalue weighted by molar-refractivity contribution is 0.384. The smallest absolute Gasteiger partial charge is 0.0245 e. The van der Waals surface area contributed by atoms with Gasteiger partial charge >= 0.3 is 0 Å². The summed E-state index contributed by atoms with van der Waals surface area (Å²) < 4.78 is 0. The highest BCUT2D eigenvalue weighted by Crippen LogP contribution is 2.35. The van der Waals surface area contributed by atoms with Crippen LogP contribution in [0.15, 0.2) is 48.5 Å². The summed E-state index contributed by atoms with van der Waals surface area (Å²) in [6, 6.07) is 18.3. The zero-order valence-corrected chi connectivity index (χ0v) is 17.8. The molecule has 1 aliphatic rings. The summed E-state index contributed by atoms with van der Waals surface area (Å²) in [6.07, 6.45) is 12.8. The number of unbranched alkanes of at least 4 members (excludes halogenated alkanes) is 3. The lowest BCUT2D eigenvalue weighted by atomic mass is 9.78. The van der Waals surface area contributed by atoms with Gasteiger partial charge in [0.05, 0.1) is 0 Å². The van der Waals surface area contributed by atoms with Crippen molar-refractivity contribution in [2.45, 2.75) is 84.0 Å². The van der Waals surface area contributed by atoms with Gasteiger partial charge in [-0.05, 0) is 79.7 Å². The minimum atomic E-state index is 0.569. The van der Waals surface area contributed by atoms with E-state index < -0.39 is 0 Å². The van der Waals surface area contributed by atoms with Crippen LogP contribution in [0.1, 0.15) is 93.4 Å². The molecule has 1 fully saturated rings. The maximum Gasteiger partial charge on any atom is 0.0245 e. The van der Waals surface area contributed by atoms with E-state index in [0.717, 1.165) is 17.9 Å². The Morgan fingerprint density at radius 3 is 2.07 bits per heavy atom. The second-order valence-electron chi connectivity index (χ2n) is 8.42. The molecule has 2 aromatic carbocycles. The third-order valence-corrected chi connectivity index (χ3v) is 6.28. The van der Waals surface area contributed by atoms with Gasteiger partial charge in [-0.2, -0.15) is 0 Å². The summed E-state index contributed by atoms with van der Waals surface area (Å²) in [5.41, 5.74) is 5.60. The molecule has 0 unspecified atom stereocenters. The van der Waals surface area contributed by atoms with Crippen LogP contribution in [0.3, 0.4) is 0 Å². The minimum Gasteiger partial charge on any atom is -0.0945 e. The summed E-state index contributed by atoms with van der Waals surface area (Å²) in [4.78, 5) is 0. The molecule has 0 nitrogen and oxygen atoms in total. The highest BCUT2D eigenvalue weighted by atomic mass is 14.2. The second kappa shape index (κ2) is 11.1. The molecule has 1 aliphatic carbocycles. The molecule has 0 atom stereocenters. The predicted octanol–water partition coefficient (Wildman–Crippen LogP) is 7.70. The molecule has 0 aliphatic heterocycles. The van der Waals surface area contributed by atoms with Gasteiger partial charge in [0, 0.05) is 11.5 Å². The van der Waals surface area contributed by atoms with E-state index in [1.165, 1.54) is 68.9 Å². The van der Waals surface area contributed by atoms with Crippen LogP contribution in [0, 0.1) is 17.8 Å². The van der Waals surface area contributed by atoms with Crippen molar-refractivity contribution < 1.29 is 0 Å². The van der Waals surface area contributed by atoms with Gasteiger partial charge < -0.3 is 0 Å². The van der Waals surface area contributed by atoms with Crippen molar-refractivity contribution in [2.24, 2.45) is 5.92 Å². The number of benzene rings is 2. The minimum absolute atomic E-state index is 0.569. The fraction of sp³-hybridized carbons (Fsp3) is 0.500. The van der Waals surface area contributed by atoms with Gasteiger partial charge in [-0.3, -0.25) is 0 Å². The molecular weight excluding hydrogens is 336 g/mol. The first-order chi connectivity index (χ1) is 13.8.